The van der Waals surface area contributed by atoms with Crippen molar-refractivity contribution < 1.29 is 9.84 Å². The smallest absolute Gasteiger partial charge is 0.0938 e. The second-order valence-corrected chi connectivity index (χ2v) is 8.02. The normalized spacial score (nSPS) is 25.9. The first-order valence-corrected chi connectivity index (χ1v) is 7.97. The van der Waals surface area contributed by atoms with E-state index in [4.69, 9.17) is 4.74 Å². The number of thiophene rings is 1. The highest BCUT2D eigenvalue weighted by molar-refractivity contribution is 7.19. The van der Waals surface area contributed by atoms with Crippen LogP contribution in [0.15, 0.2) is 30.3 Å². The van der Waals surface area contributed by atoms with Crippen LogP contribution in [0.1, 0.15) is 45.1 Å². The van der Waals surface area contributed by atoms with Crippen molar-refractivity contribution in [3.63, 3.8) is 0 Å². The van der Waals surface area contributed by atoms with Crippen molar-refractivity contribution in [2.45, 2.75) is 51.4 Å². The van der Waals surface area contributed by atoms with Crippen LogP contribution in [0.2, 0.25) is 0 Å². The molecule has 1 aromatic heterocycles. The van der Waals surface area contributed by atoms with Crippen LogP contribution in [0.4, 0.5) is 0 Å². The Morgan fingerprint density at radius 2 is 1.95 bits per heavy atom. The van der Waals surface area contributed by atoms with Crippen molar-refractivity contribution >= 4 is 21.4 Å². The van der Waals surface area contributed by atoms with Gasteiger partial charge in [-0.1, -0.05) is 18.2 Å². The molecule has 1 aliphatic heterocycles. The summed E-state index contributed by atoms with van der Waals surface area (Å²) in [7, 11) is 0. The van der Waals surface area contributed by atoms with E-state index in [1.807, 2.05) is 12.1 Å². The minimum Gasteiger partial charge on any atom is -0.387 e. The van der Waals surface area contributed by atoms with Gasteiger partial charge in [-0.3, -0.25) is 0 Å². The highest BCUT2D eigenvalue weighted by Gasteiger charge is 2.49. The molecule has 2 heterocycles. The Balaban J connectivity index is 1.94. The topological polar surface area (TPSA) is 29.5 Å². The van der Waals surface area contributed by atoms with Crippen LogP contribution in [0.25, 0.3) is 10.1 Å². The fourth-order valence-electron chi connectivity index (χ4n) is 3.44. The van der Waals surface area contributed by atoms with Crippen molar-refractivity contribution in [1.29, 1.82) is 0 Å². The van der Waals surface area contributed by atoms with Gasteiger partial charge < -0.3 is 9.84 Å². The molecule has 108 valence electrons. The molecule has 0 amide bonds. The van der Waals surface area contributed by atoms with Crippen LogP contribution < -0.4 is 0 Å². The Kier molecular flexibility index (Phi) is 3.20. The van der Waals surface area contributed by atoms with E-state index in [-0.39, 0.29) is 17.1 Å². The van der Waals surface area contributed by atoms with Crippen LogP contribution in [0.3, 0.4) is 0 Å². The molecule has 0 saturated carbocycles. The molecule has 2 aromatic rings. The molecule has 1 saturated heterocycles. The van der Waals surface area contributed by atoms with Gasteiger partial charge in [0.05, 0.1) is 17.3 Å². The number of hydrogen-bond donors (Lipinski definition) is 1. The van der Waals surface area contributed by atoms with Gasteiger partial charge in [0.25, 0.3) is 0 Å². The second-order valence-electron chi connectivity index (χ2n) is 6.91. The number of aliphatic hydroxyl groups is 1. The molecule has 0 bridgehead atoms. The number of hydrogen-bond acceptors (Lipinski definition) is 3. The first kappa shape index (κ1) is 14.1. The predicted octanol–water partition coefficient (Wildman–Crippen LogP) is 4.53. The first-order valence-electron chi connectivity index (χ1n) is 7.15. The van der Waals surface area contributed by atoms with Gasteiger partial charge in [-0.15, -0.1) is 11.3 Å². The van der Waals surface area contributed by atoms with Gasteiger partial charge in [-0.25, -0.2) is 0 Å². The first-order chi connectivity index (χ1) is 9.28. The van der Waals surface area contributed by atoms with Gasteiger partial charge in [-0.05, 0) is 51.6 Å². The van der Waals surface area contributed by atoms with Gasteiger partial charge >= 0.3 is 0 Å². The predicted molar refractivity (Wildman–Crippen MR) is 84.1 cm³/mol. The van der Waals surface area contributed by atoms with Crippen LogP contribution in [0.5, 0.6) is 0 Å². The number of aliphatic hydroxyl groups excluding tert-OH is 1. The van der Waals surface area contributed by atoms with Crippen LogP contribution >= 0.6 is 11.3 Å². The third kappa shape index (κ3) is 2.39. The average Bonchev–Trinajstić information content (AvgIpc) is 2.85. The van der Waals surface area contributed by atoms with Crippen LogP contribution in [0, 0.1) is 5.92 Å². The Bertz CT molecular complexity index is 594. The molecule has 3 heteroatoms. The van der Waals surface area contributed by atoms with E-state index >= 15 is 0 Å². The van der Waals surface area contributed by atoms with Crippen molar-refractivity contribution in [3.8, 4) is 0 Å². The summed E-state index contributed by atoms with van der Waals surface area (Å²) in [4.78, 5) is 1.05. The zero-order valence-electron chi connectivity index (χ0n) is 12.5. The molecule has 2 unspecified atom stereocenters. The molecule has 2 atom stereocenters. The summed E-state index contributed by atoms with van der Waals surface area (Å²) >= 11 is 1.69. The number of ether oxygens (including phenoxy) is 1. The fraction of sp³-hybridized carbons (Fsp3) is 0.529. The van der Waals surface area contributed by atoms with Gasteiger partial charge in [0.2, 0.25) is 0 Å². The summed E-state index contributed by atoms with van der Waals surface area (Å²) in [5.41, 5.74) is -0.453. The molecule has 3 rings (SSSR count). The van der Waals surface area contributed by atoms with Gasteiger partial charge in [-0.2, -0.15) is 0 Å². The quantitative estimate of drug-likeness (QED) is 0.880. The summed E-state index contributed by atoms with van der Waals surface area (Å²) in [5, 5.41) is 12.0. The standard InChI is InChI=1S/C17H22O2S/c1-16(2)10-12(17(3,4)19-16)15(18)14-9-11-7-5-6-8-13(11)20-14/h5-9,12,15,18H,10H2,1-4H3. The fourth-order valence-corrected chi connectivity index (χ4v) is 4.56. The molecular weight excluding hydrogens is 268 g/mol. The van der Waals surface area contributed by atoms with E-state index in [1.54, 1.807) is 11.3 Å². The SMILES string of the molecule is CC1(C)CC(C(O)c2cc3ccccc3s2)C(C)(C)O1. The maximum Gasteiger partial charge on any atom is 0.0938 e. The summed E-state index contributed by atoms with van der Waals surface area (Å²) in [6, 6.07) is 10.4. The molecule has 1 aromatic carbocycles. The van der Waals surface area contributed by atoms with Crippen molar-refractivity contribution in [3.05, 3.63) is 35.2 Å². The van der Waals surface area contributed by atoms with Crippen LogP contribution in [-0.4, -0.2) is 16.3 Å². The molecule has 2 nitrogen and oxygen atoms in total. The Morgan fingerprint density at radius 1 is 1.25 bits per heavy atom. The summed E-state index contributed by atoms with van der Waals surface area (Å²) in [5.74, 6) is 0.130. The van der Waals surface area contributed by atoms with E-state index in [0.29, 0.717) is 0 Å². The minimum absolute atomic E-state index is 0.130. The Labute approximate surface area is 124 Å². The van der Waals surface area contributed by atoms with Crippen molar-refractivity contribution in [2.75, 3.05) is 0 Å². The van der Waals surface area contributed by atoms with E-state index in [1.165, 1.54) is 10.1 Å². The Morgan fingerprint density at radius 3 is 2.55 bits per heavy atom. The maximum absolute atomic E-state index is 10.8. The van der Waals surface area contributed by atoms with E-state index < -0.39 is 6.10 Å². The van der Waals surface area contributed by atoms with Gasteiger partial charge in [0.1, 0.15) is 0 Å². The maximum atomic E-state index is 10.8. The molecule has 1 fully saturated rings. The summed E-state index contributed by atoms with van der Waals surface area (Å²) in [6.07, 6.45) is 0.430. The third-order valence-electron chi connectivity index (χ3n) is 4.26. The minimum atomic E-state index is -0.454. The largest absolute Gasteiger partial charge is 0.387 e. The molecule has 20 heavy (non-hydrogen) atoms. The number of rotatable bonds is 2. The average molecular weight is 290 g/mol. The van der Waals surface area contributed by atoms with E-state index in [9.17, 15) is 5.11 Å². The highest BCUT2D eigenvalue weighted by atomic mass is 32.1. The summed E-state index contributed by atoms with van der Waals surface area (Å²) < 4.78 is 7.34. The molecule has 1 aliphatic rings. The monoisotopic (exact) mass is 290 g/mol. The van der Waals surface area contributed by atoms with Gasteiger partial charge in [0.15, 0.2) is 0 Å². The Hall–Kier alpha value is -0.900. The zero-order valence-corrected chi connectivity index (χ0v) is 13.3. The summed E-state index contributed by atoms with van der Waals surface area (Å²) in [6.45, 7) is 8.38. The third-order valence-corrected chi connectivity index (χ3v) is 5.45. The molecule has 0 radical (unpaired) electrons. The lowest BCUT2D eigenvalue weighted by Crippen LogP contribution is -2.32. The molecule has 1 N–H and O–H groups in total. The second kappa shape index (κ2) is 4.55. The van der Waals surface area contributed by atoms with E-state index in [2.05, 4.69) is 45.9 Å². The lowest BCUT2D eigenvalue weighted by Gasteiger charge is -2.29. The highest BCUT2D eigenvalue weighted by Crippen LogP contribution is 2.49. The van der Waals surface area contributed by atoms with Crippen molar-refractivity contribution in [2.24, 2.45) is 5.92 Å². The van der Waals surface area contributed by atoms with Crippen LogP contribution in [-0.2, 0) is 4.74 Å². The lowest BCUT2D eigenvalue weighted by atomic mass is 9.82. The molecule has 0 spiro atoms. The van der Waals surface area contributed by atoms with Crippen molar-refractivity contribution in [1.82, 2.24) is 0 Å². The number of benzene rings is 1. The molecular formula is C17H22O2S. The van der Waals surface area contributed by atoms with Gasteiger partial charge in [0, 0.05) is 15.5 Å². The lowest BCUT2D eigenvalue weighted by molar-refractivity contribution is -0.0876. The zero-order chi connectivity index (χ0) is 14.5. The number of fused-ring (bicyclic) bond motifs is 1. The molecule has 0 aliphatic carbocycles. The van der Waals surface area contributed by atoms with E-state index in [0.717, 1.165) is 11.3 Å².